The van der Waals surface area contributed by atoms with Crippen LogP contribution >= 0.6 is 24.4 Å². The molecule has 134 valence electrons. The number of hydrogen-bond acceptors (Lipinski definition) is 4. The number of benzene rings is 3. The molecule has 0 aliphatic rings. The van der Waals surface area contributed by atoms with Crippen molar-refractivity contribution < 1.29 is 9.47 Å². The number of hydrogen-bond donors (Lipinski definition) is 1. The first-order valence-electron chi connectivity index (χ1n) is 8.27. The largest absolute Gasteiger partial charge is 0.493 e. The van der Waals surface area contributed by atoms with E-state index in [0.717, 1.165) is 32.4 Å². The zero-order valence-corrected chi connectivity index (χ0v) is 17.1. The second kappa shape index (κ2) is 8.11. The summed E-state index contributed by atoms with van der Waals surface area (Å²) in [7, 11) is 3.33. The van der Waals surface area contributed by atoms with E-state index in [0.29, 0.717) is 0 Å². The first kappa shape index (κ1) is 18.7. The lowest BCUT2D eigenvalue weighted by molar-refractivity contribution is 0.348. The fraction of sp³-hybridized carbons (Fsp3) is 0.182. The standard InChI is InChI=1S/C22H22O2S2/c1-14-6-5-7-15(10-14)16-8-9-20(25)18(11-16)17-12-19(23-2)22(24-3)21(13-17)26-4/h5-13,25H,1-4H3. The SMILES string of the molecule is COc1cc(-c2cc(-c3cccc(C)c3)ccc2S)cc(SC)c1OC. The van der Waals surface area contributed by atoms with Gasteiger partial charge in [0.15, 0.2) is 11.5 Å². The molecule has 0 fully saturated rings. The number of thioether (sulfide) groups is 1. The molecule has 0 N–H and O–H groups in total. The van der Waals surface area contributed by atoms with Gasteiger partial charge in [0.25, 0.3) is 0 Å². The van der Waals surface area contributed by atoms with Gasteiger partial charge in [-0.3, -0.25) is 0 Å². The van der Waals surface area contributed by atoms with Crippen molar-refractivity contribution in [1.29, 1.82) is 0 Å². The van der Waals surface area contributed by atoms with Crippen LogP contribution in [0.2, 0.25) is 0 Å². The third-order valence-electron chi connectivity index (χ3n) is 4.32. The summed E-state index contributed by atoms with van der Waals surface area (Å²) in [5.74, 6) is 1.49. The van der Waals surface area contributed by atoms with Gasteiger partial charge < -0.3 is 9.47 Å². The van der Waals surface area contributed by atoms with Crippen molar-refractivity contribution in [2.24, 2.45) is 0 Å². The third-order valence-corrected chi connectivity index (χ3v) is 5.46. The van der Waals surface area contributed by atoms with Gasteiger partial charge in [0, 0.05) is 4.90 Å². The molecule has 0 saturated heterocycles. The van der Waals surface area contributed by atoms with E-state index in [1.165, 1.54) is 16.7 Å². The zero-order valence-electron chi connectivity index (χ0n) is 15.4. The van der Waals surface area contributed by atoms with Gasteiger partial charge in [0.2, 0.25) is 0 Å². The maximum Gasteiger partial charge on any atom is 0.174 e. The van der Waals surface area contributed by atoms with Crippen LogP contribution in [0.3, 0.4) is 0 Å². The second-order valence-corrected chi connectivity index (χ2v) is 7.35. The summed E-state index contributed by atoms with van der Waals surface area (Å²) in [6.45, 7) is 2.11. The summed E-state index contributed by atoms with van der Waals surface area (Å²) in [6.07, 6.45) is 2.03. The number of ether oxygens (including phenoxy) is 2. The van der Waals surface area contributed by atoms with Gasteiger partial charge in [0.05, 0.1) is 19.1 Å². The molecule has 0 unspecified atom stereocenters. The minimum absolute atomic E-state index is 0.725. The lowest BCUT2D eigenvalue weighted by Crippen LogP contribution is -1.94. The summed E-state index contributed by atoms with van der Waals surface area (Å²) < 4.78 is 11.1. The van der Waals surface area contributed by atoms with Crippen LogP contribution in [0, 0.1) is 6.92 Å². The Hall–Kier alpha value is -2.04. The molecule has 3 aromatic carbocycles. The predicted octanol–water partition coefficient (Wildman–Crippen LogP) is 6.36. The van der Waals surface area contributed by atoms with E-state index in [4.69, 9.17) is 9.47 Å². The van der Waals surface area contributed by atoms with Crippen LogP contribution in [0.1, 0.15) is 5.56 Å². The molecule has 0 atom stereocenters. The summed E-state index contributed by atoms with van der Waals surface area (Å²) in [4.78, 5) is 1.97. The molecule has 0 aliphatic heterocycles. The maximum absolute atomic E-state index is 5.55. The molecule has 26 heavy (non-hydrogen) atoms. The van der Waals surface area contributed by atoms with E-state index < -0.39 is 0 Å². The average molecular weight is 383 g/mol. The lowest BCUT2D eigenvalue weighted by Gasteiger charge is -2.15. The first-order valence-corrected chi connectivity index (χ1v) is 9.95. The molecule has 0 bridgehead atoms. The van der Waals surface area contributed by atoms with Crippen molar-refractivity contribution >= 4 is 24.4 Å². The van der Waals surface area contributed by atoms with Crippen LogP contribution < -0.4 is 9.47 Å². The molecule has 3 rings (SSSR count). The molecule has 3 aromatic rings. The molecule has 0 radical (unpaired) electrons. The minimum atomic E-state index is 0.725. The van der Waals surface area contributed by atoms with Gasteiger partial charge in [0.1, 0.15) is 0 Å². The highest BCUT2D eigenvalue weighted by Crippen LogP contribution is 2.42. The van der Waals surface area contributed by atoms with Crippen LogP contribution in [-0.2, 0) is 0 Å². The van der Waals surface area contributed by atoms with Crippen molar-refractivity contribution in [3.63, 3.8) is 0 Å². The summed E-state index contributed by atoms with van der Waals surface area (Å²) in [5.41, 5.74) is 5.75. The van der Waals surface area contributed by atoms with Crippen molar-refractivity contribution in [2.45, 2.75) is 16.7 Å². The highest BCUT2D eigenvalue weighted by atomic mass is 32.2. The summed E-state index contributed by atoms with van der Waals surface area (Å²) in [5, 5.41) is 0. The van der Waals surface area contributed by atoms with Crippen molar-refractivity contribution in [3.05, 3.63) is 60.2 Å². The van der Waals surface area contributed by atoms with Crippen LogP contribution in [0.4, 0.5) is 0 Å². The average Bonchev–Trinajstić information content (AvgIpc) is 2.67. The molecule has 0 heterocycles. The molecule has 2 nitrogen and oxygen atoms in total. The molecule has 0 aromatic heterocycles. The molecule has 0 saturated carbocycles. The Morgan fingerprint density at radius 3 is 2.27 bits per heavy atom. The number of thiol groups is 1. The van der Waals surface area contributed by atoms with E-state index >= 15 is 0 Å². The van der Waals surface area contributed by atoms with E-state index in [1.54, 1.807) is 26.0 Å². The van der Waals surface area contributed by atoms with Crippen molar-refractivity contribution in [2.75, 3.05) is 20.5 Å². The molecule has 0 spiro atoms. The molecular formula is C22H22O2S2. The van der Waals surface area contributed by atoms with Crippen LogP contribution in [0.25, 0.3) is 22.3 Å². The second-order valence-electron chi connectivity index (χ2n) is 6.02. The van der Waals surface area contributed by atoms with Crippen LogP contribution in [0.5, 0.6) is 11.5 Å². The fourth-order valence-corrected chi connectivity index (χ4v) is 3.89. The van der Waals surface area contributed by atoms with Crippen LogP contribution in [-0.4, -0.2) is 20.5 Å². The van der Waals surface area contributed by atoms with Gasteiger partial charge in [-0.2, -0.15) is 0 Å². The van der Waals surface area contributed by atoms with Gasteiger partial charge >= 0.3 is 0 Å². The summed E-state index contributed by atoms with van der Waals surface area (Å²) >= 11 is 6.32. The Kier molecular flexibility index (Phi) is 5.84. The van der Waals surface area contributed by atoms with E-state index in [-0.39, 0.29) is 0 Å². The molecule has 4 heteroatoms. The third kappa shape index (κ3) is 3.71. The fourth-order valence-electron chi connectivity index (χ4n) is 3.01. The Labute approximate surface area is 165 Å². The van der Waals surface area contributed by atoms with E-state index in [2.05, 4.69) is 62.0 Å². The van der Waals surface area contributed by atoms with Gasteiger partial charge in [-0.1, -0.05) is 35.9 Å². The molecular weight excluding hydrogens is 360 g/mol. The van der Waals surface area contributed by atoms with E-state index in [9.17, 15) is 0 Å². The minimum Gasteiger partial charge on any atom is -0.493 e. The Morgan fingerprint density at radius 2 is 1.62 bits per heavy atom. The summed E-state index contributed by atoms with van der Waals surface area (Å²) in [6, 6.07) is 19.0. The van der Waals surface area contributed by atoms with E-state index in [1.807, 2.05) is 18.4 Å². The van der Waals surface area contributed by atoms with Gasteiger partial charge in [-0.25, -0.2) is 0 Å². The Morgan fingerprint density at radius 1 is 0.846 bits per heavy atom. The predicted molar refractivity (Wildman–Crippen MR) is 114 cm³/mol. The molecule has 0 amide bonds. The zero-order chi connectivity index (χ0) is 18.7. The topological polar surface area (TPSA) is 18.5 Å². The van der Waals surface area contributed by atoms with Crippen molar-refractivity contribution in [3.8, 4) is 33.8 Å². The lowest BCUT2D eigenvalue weighted by atomic mass is 9.98. The number of rotatable bonds is 5. The monoisotopic (exact) mass is 382 g/mol. The Bertz CT molecular complexity index is 910. The number of aryl methyl sites for hydroxylation is 1. The highest BCUT2D eigenvalue weighted by molar-refractivity contribution is 7.98. The normalized spacial score (nSPS) is 10.7. The van der Waals surface area contributed by atoms with Crippen molar-refractivity contribution in [1.82, 2.24) is 0 Å². The quantitative estimate of drug-likeness (QED) is 0.409. The Balaban J connectivity index is 2.16. The first-order chi connectivity index (χ1) is 12.6. The van der Waals surface area contributed by atoms with Gasteiger partial charge in [-0.05, 0) is 59.7 Å². The van der Waals surface area contributed by atoms with Crippen LogP contribution in [0.15, 0.2) is 64.4 Å². The maximum atomic E-state index is 5.55. The highest BCUT2D eigenvalue weighted by Gasteiger charge is 2.15. The smallest absolute Gasteiger partial charge is 0.174 e. The molecule has 0 aliphatic carbocycles. The number of methoxy groups -OCH3 is 2. The van der Waals surface area contributed by atoms with Gasteiger partial charge in [-0.15, -0.1) is 24.4 Å².